The molecule has 1 saturated carbocycles. The molecule has 0 bridgehead atoms. The van der Waals surface area contributed by atoms with Gasteiger partial charge in [0.25, 0.3) is 0 Å². The molecule has 1 heterocycles. The smallest absolute Gasteiger partial charge is 0.133 e. The summed E-state index contributed by atoms with van der Waals surface area (Å²) in [5.74, 6) is 3.15. The molecule has 0 aliphatic heterocycles. The van der Waals surface area contributed by atoms with E-state index in [2.05, 4.69) is 49.0 Å². The lowest BCUT2D eigenvalue weighted by Crippen LogP contribution is -2.32. The molecule has 1 N–H and O–H groups in total. The Morgan fingerprint density at radius 1 is 1.26 bits per heavy atom. The van der Waals surface area contributed by atoms with Gasteiger partial charge < -0.3 is 5.32 Å². The Morgan fingerprint density at radius 3 is 2.68 bits per heavy atom. The van der Waals surface area contributed by atoms with Crippen LogP contribution in [-0.4, -0.2) is 16.0 Å². The second kappa shape index (κ2) is 6.36. The number of hydrogen-bond donors (Lipinski definition) is 1. The van der Waals surface area contributed by atoms with E-state index in [4.69, 9.17) is 0 Å². The highest BCUT2D eigenvalue weighted by molar-refractivity contribution is 5.37. The molecular weight excluding hydrogens is 234 g/mol. The van der Waals surface area contributed by atoms with Crippen molar-refractivity contribution in [2.75, 3.05) is 5.32 Å². The Balaban J connectivity index is 2.13. The minimum absolute atomic E-state index is 0.383. The third-order valence-corrected chi connectivity index (χ3v) is 4.15. The zero-order chi connectivity index (χ0) is 13.8. The number of nitrogens with one attached hydrogen (secondary N) is 1. The predicted octanol–water partition coefficient (Wildman–Crippen LogP) is 4.29. The van der Waals surface area contributed by atoms with E-state index in [0.29, 0.717) is 12.0 Å². The third-order valence-electron chi connectivity index (χ3n) is 4.15. The first-order chi connectivity index (χ1) is 9.10. The van der Waals surface area contributed by atoms with Gasteiger partial charge in [0.2, 0.25) is 0 Å². The van der Waals surface area contributed by atoms with Crippen molar-refractivity contribution >= 4 is 5.82 Å². The fourth-order valence-corrected chi connectivity index (χ4v) is 3.00. The topological polar surface area (TPSA) is 37.8 Å². The molecular formula is C16H27N3. The molecule has 19 heavy (non-hydrogen) atoms. The molecule has 1 aliphatic carbocycles. The SMILES string of the molecule is CCC1CCCCC1Nc1cc(C)nc(C(C)C)n1. The van der Waals surface area contributed by atoms with Crippen LogP contribution in [0.4, 0.5) is 5.82 Å². The number of aromatic nitrogens is 2. The molecule has 0 aromatic carbocycles. The summed E-state index contributed by atoms with van der Waals surface area (Å²) in [5, 5.41) is 3.67. The van der Waals surface area contributed by atoms with Gasteiger partial charge in [-0.3, -0.25) is 0 Å². The van der Waals surface area contributed by atoms with Gasteiger partial charge in [0.05, 0.1) is 0 Å². The Kier molecular flexibility index (Phi) is 4.78. The van der Waals surface area contributed by atoms with Crippen LogP contribution < -0.4 is 5.32 Å². The minimum atomic E-state index is 0.383. The summed E-state index contributed by atoms with van der Waals surface area (Å²) < 4.78 is 0. The van der Waals surface area contributed by atoms with Gasteiger partial charge in [0.15, 0.2) is 0 Å². The first-order valence-corrected chi connectivity index (χ1v) is 7.72. The van der Waals surface area contributed by atoms with E-state index < -0.39 is 0 Å². The Labute approximate surface area is 117 Å². The van der Waals surface area contributed by atoms with Gasteiger partial charge in [0, 0.05) is 23.7 Å². The number of hydrogen-bond acceptors (Lipinski definition) is 3. The van der Waals surface area contributed by atoms with Crippen LogP contribution in [0.1, 0.15) is 70.3 Å². The summed E-state index contributed by atoms with van der Waals surface area (Å²) in [6, 6.07) is 2.67. The standard InChI is InChI=1S/C16H27N3/c1-5-13-8-6-7-9-14(13)18-15-10-12(4)17-16(19-15)11(2)3/h10-11,13-14H,5-9H2,1-4H3,(H,17,18,19). The molecule has 1 aliphatic rings. The quantitative estimate of drug-likeness (QED) is 0.878. The minimum Gasteiger partial charge on any atom is -0.367 e. The molecule has 2 atom stereocenters. The summed E-state index contributed by atoms with van der Waals surface area (Å²) in [4.78, 5) is 9.19. The van der Waals surface area contributed by atoms with Gasteiger partial charge in [-0.25, -0.2) is 9.97 Å². The van der Waals surface area contributed by atoms with Crippen molar-refractivity contribution in [2.24, 2.45) is 5.92 Å². The van der Waals surface area contributed by atoms with E-state index in [1.165, 1.54) is 32.1 Å². The largest absolute Gasteiger partial charge is 0.367 e. The van der Waals surface area contributed by atoms with E-state index >= 15 is 0 Å². The van der Waals surface area contributed by atoms with Crippen molar-refractivity contribution in [3.8, 4) is 0 Å². The average Bonchev–Trinajstić information content (AvgIpc) is 2.38. The zero-order valence-electron chi connectivity index (χ0n) is 12.7. The maximum absolute atomic E-state index is 4.67. The molecule has 106 valence electrons. The van der Waals surface area contributed by atoms with Gasteiger partial charge in [0.1, 0.15) is 11.6 Å². The van der Waals surface area contributed by atoms with Crippen molar-refractivity contribution in [2.45, 2.75) is 71.8 Å². The van der Waals surface area contributed by atoms with Crippen molar-refractivity contribution in [1.82, 2.24) is 9.97 Å². The number of nitrogens with zero attached hydrogens (tertiary/aromatic N) is 2. The Bertz CT molecular complexity index is 414. The predicted molar refractivity (Wildman–Crippen MR) is 80.5 cm³/mol. The fraction of sp³-hybridized carbons (Fsp3) is 0.750. The molecule has 3 heteroatoms. The van der Waals surface area contributed by atoms with Gasteiger partial charge >= 0.3 is 0 Å². The van der Waals surface area contributed by atoms with Gasteiger partial charge in [-0.2, -0.15) is 0 Å². The summed E-state index contributed by atoms with van der Waals surface area (Å²) >= 11 is 0. The molecule has 2 unspecified atom stereocenters. The second-order valence-electron chi connectivity index (χ2n) is 6.11. The third kappa shape index (κ3) is 3.68. The monoisotopic (exact) mass is 261 g/mol. The molecule has 1 aromatic rings. The molecule has 1 fully saturated rings. The molecule has 1 aromatic heterocycles. The lowest BCUT2D eigenvalue weighted by Gasteiger charge is -2.32. The Hall–Kier alpha value is -1.12. The molecule has 0 saturated heterocycles. The highest BCUT2D eigenvalue weighted by atomic mass is 15.1. The van der Waals surface area contributed by atoms with Crippen molar-refractivity contribution in [3.63, 3.8) is 0 Å². The van der Waals surface area contributed by atoms with Crippen LogP contribution in [-0.2, 0) is 0 Å². The maximum Gasteiger partial charge on any atom is 0.133 e. The van der Waals surface area contributed by atoms with Crippen LogP contribution in [0.2, 0.25) is 0 Å². The summed E-state index contributed by atoms with van der Waals surface area (Å²) in [5.41, 5.74) is 1.06. The molecule has 2 rings (SSSR count). The van der Waals surface area contributed by atoms with Gasteiger partial charge in [-0.1, -0.05) is 40.0 Å². The number of aryl methyl sites for hydroxylation is 1. The van der Waals surface area contributed by atoms with Crippen molar-refractivity contribution < 1.29 is 0 Å². The van der Waals surface area contributed by atoms with E-state index in [9.17, 15) is 0 Å². The van der Waals surface area contributed by atoms with Crippen LogP contribution >= 0.6 is 0 Å². The van der Waals surface area contributed by atoms with E-state index in [0.717, 1.165) is 23.3 Å². The average molecular weight is 261 g/mol. The normalized spacial score (nSPS) is 23.6. The zero-order valence-corrected chi connectivity index (χ0v) is 12.7. The van der Waals surface area contributed by atoms with Crippen molar-refractivity contribution in [1.29, 1.82) is 0 Å². The van der Waals surface area contributed by atoms with E-state index in [1.54, 1.807) is 0 Å². The lowest BCUT2D eigenvalue weighted by atomic mass is 9.83. The first-order valence-electron chi connectivity index (χ1n) is 7.72. The molecule has 0 spiro atoms. The summed E-state index contributed by atoms with van der Waals surface area (Å²) in [6.45, 7) is 8.65. The highest BCUT2D eigenvalue weighted by Crippen LogP contribution is 2.29. The van der Waals surface area contributed by atoms with Crippen molar-refractivity contribution in [3.05, 3.63) is 17.6 Å². The maximum atomic E-state index is 4.67. The lowest BCUT2D eigenvalue weighted by molar-refractivity contribution is 0.316. The van der Waals surface area contributed by atoms with Gasteiger partial charge in [-0.05, 0) is 25.7 Å². The Morgan fingerprint density at radius 2 is 2.00 bits per heavy atom. The van der Waals surface area contributed by atoms with E-state index in [-0.39, 0.29) is 0 Å². The van der Waals surface area contributed by atoms with Crippen LogP contribution in [0, 0.1) is 12.8 Å². The summed E-state index contributed by atoms with van der Waals surface area (Å²) in [7, 11) is 0. The molecule has 3 nitrogen and oxygen atoms in total. The van der Waals surface area contributed by atoms with Crippen LogP contribution in [0.5, 0.6) is 0 Å². The number of anilines is 1. The second-order valence-corrected chi connectivity index (χ2v) is 6.11. The van der Waals surface area contributed by atoms with E-state index in [1.807, 2.05) is 0 Å². The van der Waals surface area contributed by atoms with Gasteiger partial charge in [-0.15, -0.1) is 0 Å². The summed E-state index contributed by atoms with van der Waals surface area (Å²) in [6.07, 6.45) is 6.62. The highest BCUT2D eigenvalue weighted by Gasteiger charge is 2.24. The fourth-order valence-electron chi connectivity index (χ4n) is 3.00. The number of rotatable bonds is 4. The van der Waals surface area contributed by atoms with Crippen LogP contribution in [0.3, 0.4) is 0 Å². The molecule has 0 amide bonds. The first kappa shape index (κ1) is 14.3. The van der Waals surface area contributed by atoms with Crippen LogP contribution in [0.25, 0.3) is 0 Å². The molecule has 0 radical (unpaired) electrons. The van der Waals surface area contributed by atoms with Crippen LogP contribution in [0.15, 0.2) is 6.07 Å².